The summed E-state index contributed by atoms with van der Waals surface area (Å²) in [5.74, 6) is 0. The van der Waals surface area contributed by atoms with E-state index in [2.05, 4.69) is 20.9 Å². The van der Waals surface area contributed by atoms with E-state index in [4.69, 9.17) is 11.6 Å². The van der Waals surface area contributed by atoms with Crippen LogP contribution in [0.3, 0.4) is 0 Å². The molecule has 1 aromatic carbocycles. The van der Waals surface area contributed by atoms with Crippen LogP contribution in [0, 0.1) is 0 Å². The van der Waals surface area contributed by atoms with Crippen molar-refractivity contribution in [3.05, 3.63) is 35.4 Å². The zero-order chi connectivity index (χ0) is 17.0. The summed E-state index contributed by atoms with van der Waals surface area (Å²) in [4.78, 5) is 13.6. The average molecular weight is 462 g/mol. The van der Waals surface area contributed by atoms with E-state index >= 15 is 0 Å². The molecular weight excluding hydrogens is 430 g/mol. The zero-order valence-electron chi connectivity index (χ0n) is 15.5. The first-order valence-corrected chi connectivity index (χ1v) is 9.27. The minimum atomic E-state index is -0.399. The van der Waals surface area contributed by atoms with E-state index in [0.29, 0.717) is 5.56 Å². The van der Waals surface area contributed by atoms with Crippen molar-refractivity contribution in [3.63, 3.8) is 0 Å². The van der Waals surface area contributed by atoms with Crippen LogP contribution in [-0.2, 0) is 6.54 Å². The van der Waals surface area contributed by atoms with Gasteiger partial charge in [0.1, 0.15) is 0 Å². The summed E-state index contributed by atoms with van der Waals surface area (Å²) in [6.45, 7) is 9.25. The van der Waals surface area contributed by atoms with Crippen LogP contribution in [0.4, 0.5) is 0 Å². The highest BCUT2D eigenvalue weighted by molar-refractivity contribution is 6.67. The fraction of sp³-hybridized carbons (Fsp3) is 0.611. The summed E-state index contributed by atoms with van der Waals surface area (Å²) in [6, 6.07) is 7.61. The van der Waals surface area contributed by atoms with Gasteiger partial charge in [-0.25, -0.2) is 0 Å². The van der Waals surface area contributed by atoms with Crippen molar-refractivity contribution in [1.82, 2.24) is 20.9 Å². The molecule has 158 valence electrons. The first kappa shape index (κ1) is 29.1. The van der Waals surface area contributed by atoms with Crippen LogP contribution >= 0.6 is 48.8 Å². The van der Waals surface area contributed by atoms with Crippen molar-refractivity contribution in [1.29, 1.82) is 0 Å². The van der Waals surface area contributed by atoms with E-state index in [1.54, 1.807) is 0 Å². The molecule has 2 rings (SSSR count). The van der Waals surface area contributed by atoms with Gasteiger partial charge in [-0.2, -0.15) is 0 Å². The highest BCUT2D eigenvalue weighted by Crippen LogP contribution is 2.10. The van der Waals surface area contributed by atoms with Crippen molar-refractivity contribution in [2.45, 2.75) is 19.4 Å². The molecule has 3 N–H and O–H groups in total. The van der Waals surface area contributed by atoms with Crippen molar-refractivity contribution < 1.29 is 4.79 Å². The van der Waals surface area contributed by atoms with Crippen LogP contribution in [0.1, 0.15) is 28.8 Å². The van der Waals surface area contributed by atoms with Gasteiger partial charge in [0.25, 0.3) is 5.24 Å². The van der Waals surface area contributed by atoms with E-state index in [1.165, 1.54) is 5.56 Å². The van der Waals surface area contributed by atoms with Gasteiger partial charge >= 0.3 is 0 Å². The monoisotopic (exact) mass is 460 g/mol. The van der Waals surface area contributed by atoms with Gasteiger partial charge in [-0.3, -0.25) is 9.69 Å². The molecule has 9 heteroatoms. The Bertz CT molecular complexity index is 477. The van der Waals surface area contributed by atoms with Gasteiger partial charge in [-0.05, 0) is 68.3 Å². The fourth-order valence-electron chi connectivity index (χ4n) is 2.82. The highest BCUT2D eigenvalue weighted by atomic mass is 35.5. The highest BCUT2D eigenvalue weighted by Gasteiger charge is 2.07. The van der Waals surface area contributed by atoms with Crippen LogP contribution < -0.4 is 16.0 Å². The Morgan fingerprint density at radius 2 is 1.37 bits per heavy atom. The lowest BCUT2D eigenvalue weighted by molar-refractivity contribution is 0.108. The van der Waals surface area contributed by atoms with Crippen molar-refractivity contribution >= 4 is 54.1 Å². The lowest BCUT2D eigenvalue weighted by atomic mass is 10.1. The number of carbonyl (C=O) groups excluding carboxylic acids is 1. The molecule has 1 aliphatic heterocycles. The van der Waals surface area contributed by atoms with E-state index in [9.17, 15) is 4.79 Å². The van der Waals surface area contributed by atoms with Crippen LogP contribution in [-0.4, -0.2) is 62.5 Å². The molecule has 1 saturated heterocycles. The molecule has 0 aromatic heterocycles. The minimum Gasteiger partial charge on any atom is -0.315 e. The van der Waals surface area contributed by atoms with Crippen molar-refractivity contribution in [2.75, 3.05) is 52.4 Å². The van der Waals surface area contributed by atoms with Crippen LogP contribution in [0.15, 0.2) is 24.3 Å². The van der Waals surface area contributed by atoms with Gasteiger partial charge in [0.05, 0.1) is 0 Å². The molecule has 0 radical (unpaired) electrons. The second-order valence-electron chi connectivity index (χ2n) is 6.20. The summed E-state index contributed by atoms with van der Waals surface area (Å²) in [7, 11) is 0. The predicted molar refractivity (Wildman–Crippen MR) is 121 cm³/mol. The molecule has 0 amide bonds. The van der Waals surface area contributed by atoms with Gasteiger partial charge in [0.2, 0.25) is 0 Å². The van der Waals surface area contributed by atoms with Crippen LogP contribution in [0.2, 0.25) is 0 Å². The summed E-state index contributed by atoms with van der Waals surface area (Å²) in [5.41, 5.74) is 1.77. The third kappa shape index (κ3) is 12.9. The second kappa shape index (κ2) is 18.0. The molecule has 0 bridgehead atoms. The molecule has 1 fully saturated rings. The van der Waals surface area contributed by atoms with E-state index in [-0.39, 0.29) is 37.2 Å². The van der Waals surface area contributed by atoms with Crippen molar-refractivity contribution in [2.24, 2.45) is 0 Å². The van der Waals surface area contributed by atoms with Gasteiger partial charge in [-0.15, -0.1) is 37.2 Å². The Hall–Kier alpha value is -0.110. The summed E-state index contributed by atoms with van der Waals surface area (Å²) >= 11 is 5.51. The smallest absolute Gasteiger partial charge is 0.252 e. The number of carbonyl (C=O) groups is 1. The van der Waals surface area contributed by atoms with Gasteiger partial charge in [0.15, 0.2) is 0 Å². The number of halogens is 4. The lowest BCUT2D eigenvalue weighted by Crippen LogP contribution is -2.36. The quantitative estimate of drug-likeness (QED) is 0.604. The largest absolute Gasteiger partial charge is 0.315 e. The van der Waals surface area contributed by atoms with Crippen LogP contribution in [0.5, 0.6) is 0 Å². The number of rotatable bonds is 3. The Morgan fingerprint density at radius 1 is 0.815 bits per heavy atom. The minimum absolute atomic E-state index is 0. The third-order valence-electron chi connectivity index (χ3n) is 4.21. The average Bonchev–Trinajstić information content (AvgIpc) is 2.58. The second-order valence-corrected chi connectivity index (χ2v) is 6.55. The molecular formula is C18H32Cl4N4O. The van der Waals surface area contributed by atoms with Gasteiger partial charge < -0.3 is 16.0 Å². The molecule has 0 saturated carbocycles. The molecule has 1 heterocycles. The van der Waals surface area contributed by atoms with E-state index < -0.39 is 5.24 Å². The molecule has 27 heavy (non-hydrogen) atoms. The number of hydrogen-bond acceptors (Lipinski definition) is 5. The summed E-state index contributed by atoms with van der Waals surface area (Å²) in [6.07, 6.45) is 2.30. The Kier molecular flexibility index (Phi) is 19.3. The topological polar surface area (TPSA) is 56.4 Å². The molecule has 1 aliphatic rings. The first-order valence-electron chi connectivity index (χ1n) is 8.89. The lowest BCUT2D eigenvalue weighted by Gasteiger charge is -2.23. The normalized spacial score (nSPS) is 17.4. The predicted octanol–water partition coefficient (Wildman–Crippen LogP) is 2.70. The zero-order valence-corrected chi connectivity index (χ0v) is 18.8. The summed E-state index contributed by atoms with van der Waals surface area (Å²) < 4.78 is 0. The maximum Gasteiger partial charge on any atom is 0.252 e. The SMILES string of the molecule is Cl.Cl.Cl.O=C(Cl)c1ccc(CN2CCCNCCNCCCNCC2)cc1. The Labute approximate surface area is 186 Å². The molecule has 0 unspecified atom stereocenters. The Balaban J connectivity index is 0. The maximum absolute atomic E-state index is 11.1. The Morgan fingerprint density at radius 3 is 1.96 bits per heavy atom. The van der Waals surface area contributed by atoms with Gasteiger partial charge in [-0.1, -0.05) is 12.1 Å². The maximum atomic E-state index is 11.1. The fourth-order valence-corrected chi connectivity index (χ4v) is 2.95. The number of nitrogens with one attached hydrogen (secondary N) is 3. The molecule has 0 spiro atoms. The molecule has 5 nitrogen and oxygen atoms in total. The first-order chi connectivity index (χ1) is 11.8. The third-order valence-corrected chi connectivity index (χ3v) is 4.42. The molecule has 0 aliphatic carbocycles. The van der Waals surface area contributed by atoms with E-state index in [1.807, 2.05) is 24.3 Å². The number of benzene rings is 1. The number of nitrogens with zero attached hydrogens (tertiary/aromatic N) is 1. The molecule has 1 aromatic rings. The van der Waals surface area contributed by atoms with Gasteiger partial charge in [0, 0.05) is 38.3 Å². The number of hydrogen-bond donors (Lipinski definition) is 3. The van der Waals surface area contributed by atoms with Crippen molar-refractivity contribution in [3.8, 4) is 0 Å². The standard InChI is InChI=1S/C18H29ClN4O.3ClH/c19-18(24)17-5-3-16(4-6-17)15-23-13-2-9-21-11-10-20-7-1-8-22-12-14-23;;;/h3-6,20-22H,1-2,7-15H2;3*1H. The van der Waals surface area contributed by atoms with E-state index in [0.717, 1.165) is 71.7 Å². The molecule has 0 atom stereocenters. The van der Waals surface area contributed by atoms with Crippen LogP contribution in [0.25, 0.3) is 0 Å². The summed E-state index contributed by atoms with van der Waals surface area (Å²) in [5, 5.41) is 10.1.